The molecule has 0 aliphatic heterocycles. The van der Waals surface area contributed by atoms with Gasteiger partial charge in [-0.2, -0.15) is 0 Å². The predicted octanol–water partition coefficient (Wildman–Crippen LogP) is 1.81. The molecule has 0 amide bonds. The summed E-state index contributed by atoms with van der Waals surface area (Å²) in [7, 11) is 0. The summed E-state index contributed by atoms with van der Waals surface area (Å²) in [5, 5.41) is 18.0. The van der Waals surface area contributed by atoms with Gasteiger partial charge in [-0.3, -0.25) is 4.79 Å². The van der Waals surface area contributed by atoms with Crippen molar-refractivity contribution in [3.8, 4) is 0 Å². The summed E-state index contributed by atoms with van der Waals surface area (Å²) in [5.41, 5.74) is 1.06. The van der Waals surface area contributed by atoms with Crippen molar-refractivity contribution >= 4 is 12.0 Å². The molecular weight excluding hydrogens is 204 g/mol. The summed E-state index contributed by atoms with van der Waals surface area (Å²) in [4.78, 5) is 11.2. The molecule has 0 saturated heterocycles. The van der Waals surface area contributed by atoms with Crippen LogP contribution >= 0.6 is 0 Å². The number of aliphatic hydroxyl groups excluding tert-OH is 1. The highest BCUT2D eigenvalue weighted by Crippen LogP contribution is 2.49. The monoisotopic (exact) mass is 218 g/mol. The molecule has 1 fully saturated rings. The van der Waals surface area contributed by atoms with E-state index in [4.69, 9.17) is 5.11 Å². The SMILES string of the molecule is O=C(O)C1(c2ccccc2C=CCO)CC1. The Hall–Kier alpha value is -1.61. The third-order valence-corrected chi connectivity index (χ3v) is 3.04. The Kier molecular flexibility index (Phi) is 2.79. The third kappa shape index (κ3) is 1.74. The average Bonchev–Trinajstić information content (AvgIpc) is 3.08. The molecule has 0 aromatic heterocycles. The molecule has 0 bridgehead atoms. The van der Waals surface area contributed by atoms with E-state index in [0.29, 0.717) is 12.8 Å². The molecule has 0 unspecified atom stereocenters. The first-order valence-corrected chi connectivity index (χ1v) is 5.31. The molecule has 3 heteroatoms. The predicted molar refractivity (Wildman–Crippen MR) is 61.1 cm³/mol. The summed E-state index contributed by atoms with van der Waals surface area (Å²) in [5.74, 6) is -0.752. The van der Waals surface area contributed by atoms with E-state index in [2.05, 4.69) is 0 Å². The molecule has 0 spiro atoms. The molecular formula is C13H14O3. The van der Waals surface area contributed by atoms with Crippen molar-refractivity contribution in [1.29, 1.82) is 0 Å². The lowest BCUT2D eigenvalue weighted by atomic mass is 9.91. The molecule has 2 N–H and O–H groups in total. The van der Waals surface area contributed by atoms with Crippen LogP contribution in [0, 0.1) is 0 Å². The molecule has 0 radical (unpaired) electrons. The van der Waals surface area contributed by atoms with Crippen LogP contribution in [0.15, 0.2) is 30.3 Å². The van der Waals surface area contributed by atoms with Gasteiger partial charge >= 0.3 is 5.97 Å². The summed E-state index contributed by atoms with van der Waals surface area (Å²) in [6, 6.07) is 7.47. The number of benzene rings is 1. The van der Waals surface area contributed by atoms with Crippen molar-refractivity contribution in [2.45, 2.75) is 18.3 Å². The number of carbonyl (C=O) groups is 1. The molecule has 1 aromatic carbocycles. The second-order valence-electron chi connectivity index (χ2n) is 4.06. The second-order valence-corrected chi connectivity index (χ2v) is 4.06. The fourth-order valence-corrected chi connectivity index (χ4v) is 1.98. The van der Waals surface area contributed by atoms with Gasteiger partial charge in [-0.15, -0.1) is 0 Å². The summed E-state index contributed by atoms with van der Waals surface area (Å²) in [6.07, 6.45) is 4.80. The van der Waals surface area contributed by atoms with Crippen LogP contribution in [0.4, 0.5) is 0 Å². The Labute approximate surface area is 94.0 Å². The first-order valence-electron chi connectivity index (χ1n) is 5.31. The maximum atomic E-state index is 11.2. The smallest absolute Gasteiger partial charge is 0.314 e. The Morgan fingerprint density at radius 2 is 2.06 bits per heavy atom. The first kappa shape index (κ1) is 10.9. The zero-order valence-electron chi connectivity index (χ0n) is 8.89. The third-order valence-electron chi connectivity index (χ3n) is 3.04. The van der Waals surface area contributed by atoms with E-state index in [1.165, 1.54) is 0 Å². The van der Waals surface area contributed by atoms with E-state index in [1.54, 1.807) is 12.2 Å². The number of aliphatic hydroxyl groups is 1. The molecule has 84 valence electrons. The second kappa shape index (κ2) is 4.10. The van der Waals surface area contributed by atoms with E-state index in [9.17, 15) is 9.90 Å². The van der Waals surface area contributed by atoms with E-state index in [-0.39, 0.29) is 6.61 Å². The first-order chi connectivity index (χ1) is 7.70. The van der Waals surface area contributed by atoms with E-state index < -0.39 is 11.4 Å². The van der Waals surface area contributed by atoms with E-state index >= 15 is 0 Å². The lowest BCUT2D eigenvalue weighted by Gasteiger charge is -2.13. The van der Waals surface area contributed by atoms with Crippen LogP contribution in [0.5, 0.6) is 0 Å². The van der Waals surface area contributed by atoms with Crippen molar-refractivity contribution in [2.24, 2.45) is 0 Å². The van der Waals surface area contributed by atoms with E-state index in [0.717, 1.165) is 11.1 Å². The Balaban J connectivity index is 2.41. The van der Waals surface area contributed by atoms with Gasteiger partial charge in [-0.1, -0.05) is 36.4 Å². The van der Waals surface area contributed by atoms with Gasteiger partial charge in [0.2, 0.25) is 0 Å². The quantitative estimate of drug-likeness (QED) is 0.810. The van der Waals surface area contributed by atoms with E-state index in [1.807, 2.05) is 24.3 Å². The minimum absolute atomic E-state index is 0.0333. The number of hydrogen-bond donors (Lipinski definition) is 2. The normalized spacial score (nSPS) is 17.6. The van der Waals surface area contributed by atoms with Crippen molar-refractivity contribution in [3.63, 3.8) is 0 Å². The zero-order chi connectivity index (χ0) is 11.6. The largest absolute Gasteiger partial charge is 0.481 e. The van der Waals surface area contributed by atoms with Crippen LogP contribution in [0.25, 0.3) is 6.08 Å². The molecule has 1 aliphatic rings. The van der Waals surface area contributed by atoms with Gasteiger partial charge in [0.25, 0.3) is 0 Å². The minimum atomic E-state index is -0.752. The standard InChI is InChI=1S/C13H14O3/c14-9-3-5-10-4-1-2-6-11(10)13(7-8-13)12(15)16/h1-6,14H,7-9H2,(H,15,16). The zero-order valence-corrected chi connectivity index (χ0v) is 8.89. The summed E-state index contributed by atoms with van der Waals surface area (Å²) >= 11 is 0. The molecule has 0 heterocycles. The number of rotatable bonds is 4. The lowest BCUT2D eigenvalue weighted by Crippen LogP contribution is -2.20. The Morgan fingerprint density at radius 1 is 1.38 bits per heavy atom. The highest BCUT2D eigenvalue weighted by Gasteiger charge is 2.52. The lowest BCUT2D eigenvalue weighted by molar-refractivity contribution is -0.140. The Morgan fingerprint density at radius 3 is 2.62 bits per heavy atom. The number of aliphatic carboxylic acids is 1. The molecule has 0 atom stereocenters. The number of carboxylic acid groups (broad SMARTS) is 1. The van der Waals surface area contributed by atoms with Gasteiger partial charge in [0.1, 0.15) is 0 Å². The van der Waals surface area contributed by atoms with Crippen molar-refractivity contribution in [2.75, 3.05) is 6.61 Å². The highest BCUT2D eigenvalue weighted by molar-refractivity contribution is 5.86. The van der Waals surface area contributed by atoms with Crippen molar-refractivity contribution in [1.82, 2.24) is 0 Å². The van der Waals surface area contributed by atoms with Crippen molar-refractivity contribution < 1.29 is 15.0 Å². The van der Waals surface area contributed by atoms with Gasteiger partial charge in [0.05, 0.1) is 12.0 Å². The minimum Gasteiger partial charge on any atom is -0.481 e. The van der Waals surface area contributed by atoms with Gasteiger partial charge < -0.3 is 10.2 Å². The van der Waals surface area contributed by atoms with Gasteiger partial charge in [-0.25, -0.2) is 0 Å². The fourth-order valence-electron chi connectivity index (χ4n) is 1.98. The van der Waals surface area contributed by atoms with Crippen LogP contribution in [-0.4, -0.2) is 22.8 Å². The van der Waals surface area contributed by atoms with Crippen LogP contribution in [0.1, 0.15) is 24.0 Å². The molecule has 3 nitrogen and oxygen atoms in total. The van der Waals surface area contributed by atoms with Crippen LogP contribution < -0.4 is 0 Å². The van der Waals surface area contributed by atoms with Crippen LogP contribution in [0.3, 0.4) is 0 Å². The number of carboxylic acids is 1. The molecule has 1 aromatic rings. The van der Waals surface area contributed by atoms with Crippen molar-refractivity contribution in [3.05, 3.63) is 41.5 Å². The molecule has 1 saturated carbocycles. The van der Waals surface area contributed by atoms with Gasteiger partial charge in [0, 0.05) is 0 Å². The molecule has 16 heavy (non-hydrogen) atoms. The highest BCUT2D eigenvalue weighted by atomic mass is 16.4. The maximum Gasteiger partial charge on any atom is 0.314 e. The number of hydrogen-bond acceptors (Lipinski definition) is 2. The maximum absolute atomic E-state index is 11.2. The van der Waals surface area contributed by atoms with Gasteiger partial charge in [0.15, 0.2) is 0 Å². The van der Waals surface area contributed by atoms with Crippen LogP contribution in [-0.2, 0) is 10.2 Å². The fraction of sp³-hybridized carbons (Fsp3) is 0.308. The average molecular weight is 218 g/mol. The Bertz CT molecular complexity index is 431. The summed E-state index contributed by atoms with van der Waals surface area (Å²) in [6.45, 7) is -0.0333. The topological polar surface area (TPSA) is 57.5 Å². The van der Waals surface area contributed by atoms with Crippen LogP contribution in [0.2, 0.25) is 0 Å². The summed E-state index contributed by atoms with van der Waals surface area (Å²) < 4.78 is 0. The van der Waals surface area contributed by atoms with Gasteiger partial charge in [-0.05, 0) is 24.0 Å². The molecule has 1 aliphatic carbocycles. The molecule has 2 rings (SSSR count).